The zero-order valence-electron chi connectivity index (χ0n) is 7.91. The van der Waals surface area contributed by atoms with Crippen LogP contribution >= 0.6 is 0 Å². The van der Waals surface area contributed by atoms with Gasteiger partial charge in [0.15, 0.2) is 0 Å². The second-order valence-electron chi connectivity index (χ2n) is 4.15. The van der Waals surface area contributed by atoms with Gasteiger partial charge in [-0.25, -0.2) is 4.39 Å². The van der Waals surface area contributed by atoms with E-state index < -0.39 is 0 Å². The number of fused-ring (bicyclic) bond motifs is 3. The van der Waals surface area contributed by atoms with Gasteiger partial charge in [-0.15, -0.1) is 0 Å². The molecule has 0 radical (unpaired) electrons. The molecule has 2 N–H and O–H groups in total. The van der Waals surface area contributed by atoms with Crippen LogP contribution in [-0.4, -0.2) is 12.2 Å². The fraction of sp³-hybridized carbons (Fsp3) is 0.455. The predicted octanol–water partition coefficient (Wildman–Crippen LogP) is 1.64. The highest BCUT2D eigenvalue weighted by Gasteiger charge is 2.38. The Hall–Kier alpha value is -1.09. The van der Waals surface area contributed by atoms with Crippen molar-refractivity contribution >= 4 is 5.69 Å². The Bertz CT molecular complexity index is 378. The number of rotatable bonds is 0. The van der Waals surface area contributed by atoms with Crippen LogP contribution in [0.2, 0.25) is 0 Å². The van der Waals surface area contributed by atoms with Crippen molar-refractivity contribution in [2.24, 2.45) is 5.73 Å². The summed E-state index contributed by atoms with van der Waals surface area (Å²) in [7, 11) is 0. The molecule has 2 nitrogen and oxygen atoms in total. The molecule has 2 aliphatic rings. The summed E-state index contributed by atoms with van der Waals surface area (Å²) in [6, 6.07) is 5.72. The lowest BCUT2D eigenvalue weighted by atomic mass is 10.1. The van der Waals surface area contributed by atoms with Gasteiger partial charge in [-0.3, -0.25) is 0 Å². The summed E-state index contributed by atoms with van der Waals surface area (Å²) in [4.78, 5) is 2.18. The van der Waals surface area contributed by atoms with Gasteiger partial charge in [0.1, 0.15) is 5.82 Å². The van der Waals surface area contributed by atoms with Crippen LogP contribution in [0.5, 0.6) is 0 Å². The molecule has 0 amide bonds. The molecule has 2 aliphatic heterocycles. The molecule has 0 spiro atoms. The van der Waals surface area contributed by atoms with Crippen molar-refractivity contribution in [1.29, 1.82) is 0 Å². The predicted molar refractivity (Wildman–Crippen MR) is 53.6 cm³/mol. The largest absolute Gasteiger partial charge is 0.353 e. The highest BCUT2D eigenvalue weighted by molar-refractivity contribution is 5.61. The zero-order chi connectivity index (χ0) is 9.71. The lowest BCUT2D eigenvalue weighted by Gasteiger charge is -2.24. The van der Waals surface area contributed by atoms with Crippen molar-refractivity contribution in [3.8, 4) is 0 Å². The van der Waals surface area contributed by atoms with E-state index in [0.717, 1.165) is 30.5 Å². The van der Waals surface area contributed by atoms with Crippen LogP contribution in [-0.2, 0) is 6.42 Å². The first-order chi connectivity index (χ1) is 6.77. The molecule has 2 heterocycles. The minimum atomic E-state index is -0.0795. The first-order valence-corrected chi connectivity index (χ1v) is 5.08. The summed E-state index contributed by atoms with van der Waals surface area (Å²) < 4.78 is 13.5. The summed E-state index contributed by atoms with van der Waals surface area (Å²) >= 11 is 0. The molecule has 0 saturated carbocycles. The molecule has 0 aromatic heterocycles. The molecule has 3 rings (SSSR count). The van der Waals surface area contributed by atoms with Crippen LogP contribution < -0.4 is 10.6 Å². The third-order valence-electron chi connectivity index (χ3n) is 3.36. The Balaban J connectivity index is 2.11. The topological polar surface area (TPSA) is 29.3 Å². The minimum Gasteiger partial charge on any atom is -0.353 e. The summed E-state index contributed by atoms with van der Waals surface area (Å²) in [6.45, 7) is 0. The number of halogens is 1. The third kappa shape index (κ3) is 0.932. The normalized spacial score (nSPS) is 29.1. The molecule has 3 heteroatoms. The smallest absolute Gasteiger partial charge is 0.128 e. The lowest BCUT2D eigenvalue weighted by Crippen LogP contribution is -2.38. The van der Waals surface area contributed by atoms with Crippen LogP contribution in [0.25, 0.3) is 0 Å². The Labute approximate surface area is 82.5 Å². The van der Waals surface area contributed by atoms with Crippen molar-refractivity contribution in [2.45, 2.75) is 31.5 Å². The van der Waals surface area contributed by atoms with Crippen molar-refractivity contribution in [3.05, 3.63) is 29.6 Å². The van der Waals surface area contributed by atoms with Crippen molar-refractivity contribution in [2.75, 3.05) is 4.90 Å². The van der Waals surface area contributed by atoms with Gasteiger partial charge in [-0.05, 0) is 31.4 Å². The number of benzene rings is 1. The summed E-state index contributed by atoms with van der Waals surface area (Å²) in [5, 5.41) is 0. The van der Waals surface area contributed by atoms with Gasteiger partial charge in [0.2, 0.25) is 0 Å². The van der Waals surface area contributed by atoms with E-state index in [0.29, 0.717) is 6.04 Å². The standard InChI is InChI=1S/C11H13FN2/c12-9-2-1-3-10-8(9)6-7-4-5-11(13)14(7)10/h1-3,7,11H,4-6,13H2. The number of hydrogen-bond acceptors (Lipinski definition) is 2. The van der Waals surface area contributed by atoms with E-state index in [1.807, 2.05) is 6.07 Å². The Morgan fingerprint density at radius 1 is 1.36 bits per heavy atom. The fourth-order valence-corrected chi connectivity index (χ4v) is 2.71. The number of hydrogen-bond donors (Lipinski definition) is 1. The van der Waals surface area contributed by atoms with Crippen LogP contribution in [0.4, 0.5) is 10.1 Å². The summed E-state index contributed by atoms with van der Waals surface area (Å²) in [5.41, 5.74) is 7.86. The van der Waals surface area contributed by atoms with E-state index in [1.54, 1.807) is 6.07 Å². The van der Waals surface area contributed by atoms with Crippen LogP contribution in [0.15, 0.2) is 18.2 Å². The average molecular weight is 192 g/mol. The van der Waals surface area contributed by atoms with E-state index in [9.17, 15) is 4.39 Å². The van der Waals surface area contributed by atoms with Crippen molar-refractivity contribution in [3.63, 3.8) is 0 Å². The number of anilines is 1. The lowest BCUT2D eigenvalue weighted by molar-refractivity contribution is 0.604. The molecule has 2 atom stereocenters. The molecule has 0 bridgehead atoms. The summed E-state index contributed by atoms with van der Waals surface area (Å²) in [5.74, 6) is -0.0795. The van der Waals surface area contributed by atoms with E-state index >= 15 is 0 Å². The van der Waals surface area contributed by atoms with Gasteiger partial charge in [0.05, 0.1) is 6.17 Å². The maximum atomic E-state index is 13.5. The zero-order valence-corrected chi connectivity index (χ0v) is 7.91. The minimum absolute atomic E-state index is 0.0795. The van der Waals surface area contributed by atoms with Gasteiger partial charge < -0.3 is 10.6 Å². The number of nitrogens with zero attached hydrogens (tertiary/aromatic N) is 1. The molecule has 1 aromatic rings. The molecule has 14 heavy (non-hydrogen) atoms. The van der Waals surface area contributed by atoms with Gasteiger partial charge in [0.25, 0.3) is 0 Å². The van der Waals surface area contributed by atoms with Crippen LogP contribution in [0.1, 0.15) is 18.4 Å². The first-order valence-electron chi connectivity index (χ1n) is 5.08. The summed E-state index contributed by atoms with van der Waals surface area (Å²) in [6.07, 6.45) is 3.04. The fourth-order valence-electron chi connectivity index (χ4n) is 2.71. The second-order valence-corrected chi connectivity index (χ2v) is 4.15. The van der Waals surface area contributed by atoms with E-state index in [2.05, 4.69) is 4.90 Å². The maximum Gasteiger partial charge on any atom is 0.128 e. The van der Waals surface area contributed by atoms with Crippen LogP contribution in [0.3, 0.4) is 0 Å². The van der Waals surface area contributed by atoms with Gasteiger partial charge >= 0.3 is 0 Å². The molecule has 1 saturated heterocycles. The van der Waals surface area contributed by atoms with E-state index in [4.69, 9.17) is 5.73 Å². The van der Waals surface area contributed by atoms with Gasteiger partial charge in [-0.1, -0.05) is 6.07 Å². The monoisotopic (exact) mass is 192 g/mol. The molecular weight excluding hydrogens is 179 g/mol. The quantitative estimate of drug-likeness (QED) is 0.677. The molecule has 2 unspecified atom stereocenters. The molecule has 74 valence electrons. The maximum absolute atomic E-state index is 13.5. The van der Waals surface area contributed by atoms with Crippen molar-refractivity contribution in [1.82, 2.24) is 0 Å². The van der Waals surface area contributed by atoms with E-state index in [1.165, 1.54) is 6.07 Å². The first kappa shape index (κ1) is 8.24. The molecule has 1 fully saturated rings. The highest BCUT2D eigenvalue weighted by Crippen LogP contribution is 2.40. The second kappa shape index (κ2) is 2.70. The van der Waals surface area contributed by atoms with Crippen LogP contribution in [0, 0.1) is 5.82 Å². The third-order valence-corrected chi connectivity index (χ3v) is 3.36. The molecule has 0 aliphatic carbocycles. The van der Waals surface area contributed by atoms with E-state index in [-0.39, 0.29) is 12.0 Å². The molecule has 1 aromatic carbocycles. The van der Waals surface area contributed by atoms with Crippen molar-refractivity contribution < 1.29 is 4.39 Å². The Morgan fingerprint density at radius 2 is 2.21 bits per heavy atom. The van der Waals surface area contributed by atoms with Gasteiger partial charge in [-0.2, -0.15) is 0 Å². The number of nitrogens with two attached hydrogens (primary N) is 1. The SMILES string of the molecule is NC1CCC2Cc3c(F)cccc3N12. The highest BCUT2D eigenvalue weighted by atomic mass is 19.1. The Morgan fingerprint density at radius 3 is 3.07 bits per heavy atom. The molecular formula is C11H13FN2. The average Bonchev–Trinajstić information content (AvgIpc) is 2.68. The van der Waals surface area contributed by atoms with Gasteiger partial charge in [0, 0.05) is 17.3 Å². The Kier molecular flexibility index (Phi) is 1.59.